The van der Waals surface area contributed by atoms with Gasteiger partial charge in [-0.25, -0.2) is 4.79 Å². The van der Waals surface area contributed by atoms with Gasteiger partial charge in [-0.3, -0.25) is 4.90 Å². The zero-order valence-corrected chi connectivity index (χ0v) is 17.2. The van der Waals surface area contributed by atoms with Gasteiger partial charge in [-0.2, -0.15) is 0 Å². The van der Waals surface area contributed by atoms with Crippen LogP contribution in [-0.4, -0.2) is 30.9 Å². The summed E-state index contributed by atoms with van der Waals surface area (Å²) in [7, 11) is -0.403. The lowest BCUT2D eigenvalue weighted by Gasteiger charge is -2.32. The molecule has 28 heavy (non-hydrogen) atoms. The van der Waals surface area contributed by atoms with Crippen LogP contribution in [0, 0.1) is 6.92 Å². The summed E-state index contributed by atoms with van der Waals surface area (Å²) in [4.78, 5) is 14.6. The normalized spacial score (nSPS) is 19.6. The van der Waals surface area contributed by atoms with Crippen LogP contribution >= 0.6 is 0 Å². The Kier molecular flexibility index (Phi) is 4.51. The van der Waals surface area contributed by atoms with Crippen molar-refractivity contribution in [2.75, 3.05) is 16.8 Å². The molecular weight excluding hydrogens is 351 g/mol. The summed E-state index contributed by atoms with van der Waals surface area (Å²) in [5, 5.41) is 3.02. The molecule has 0 unspecified atom stereocenters. The van der Waals surface area contributed by atoms with E-state index in [0.29, 0.717) is 6.54 Å². The standard InChI is InChI=1S/C22H27BN2O3/c1-15-14-17(10-11-18(15)23-27-21(2,3)22(4,5)28-23)24-20(26)25-13-12-16-8-6-7-9-19(16)25/h6-11,14H,12-13H2,1-5H3,(H,24,26). The molecule has 0 aromatic heterocycles. The number of hydrogen-bond donors (Lipinski definition) is 1. The molecule has 0 saturated carbocycles. The van der Waals surface area contributed by atoms with E-state index in [0.717, 1.165) is 28.8 Å². The van der Waals surface area contributed by atoms with Crippen LogP contribution < -0.4 is 15.7 Å². The van der Waals surface area contributed by atoms with Crippen molar-refractivity contribution >= 4 is 30.0 Å². The summed E-state index contributed by atoms with van der Waals surface area (Å²) in [6, 6.07) is 13.8. The Balaban J connectivity index is 1.49. The molecule has 4 rings (SSSR count). The Hall–Kier alpha value is -2.31. The highest BCUT2D eigenvalue weighted by molar-refractivity contribution is 6.62. The van der Waals surface area contributed by atoms with Crippen molar-refractivity contribution in [1.29, 1.82) is 0 Å². The van der Waals surface area contributed by atoms with Crippen molar-refractivity contribution in [2.24, 2.45) is 0 Å². The summed E-state index contributed by atoms with van der Waals surface area (Å²) in [6.07, 6.45) is 0.892. The Morgan fingerprint density at radius 1 is 1.07 bits per heavy atom. The van der Waals surface area contributed by atoms with Gasteiger partial charge < -0.3 is 14.6 Å². The highest BCUT2D eigenvalue weighted by Crippen LogP contribution is 2.36. The summed E-state index contributed by atoms with van der Waals surface area (Å²) in [5.74, 6) is 0. The number of amides is 2. The minimum atomic E-state index is -0.403. The highest BCUT2D eigenvalue weighted by atomic mass is 16.7. The maximum atomic E-state index is 12.8. The van der Waals surface area contributed by atoms with Gasteiger partial charge in [0.25, 0.3) is 0 Å². The first-order chi connectivity index (χ1) is 13.2. The molecule has 2 heterocycles. The fraction of sp³-hybridized carbons (Fsp3) is 0.409. The molecule has 146 valence electrons. The third kappa shape index (κ3) is 3.21. The van der Waals surface area contributed by atoms with Gasteiger partial charge in [0.05, 0.1) is 11.2 Å². The van der Waals surface area contributed by atoms with E-state index in [1.165, 1.54) is 5.56 Å². The maximum absolute atomic E-state index is 12.8. The number of urea groups is 1. The summed E-state index contributed by atoms with van der Waals surface area (Å²) in [6.45, 7) is 10.9. The van der Waals surface area contributed by atoms with Crippen molar-refractivity contribution in [3.63, 3.8) is 0 Å². The molecule has 0 atom stereocenters. The van der Waals surface area contributed by atoms with Gasteiger partial charge in [0.2, 0.25) is 0 Å². The van der Waals surface area contributed by atoms with E-state index in [4.69, 9.17) is 9.31 Å². The van der Waals surface area contributed by atoms with Gasteiger partial charge in [0.15, 0.2) is 0 Å². The predicted octanol–water partition coefficient (Wildman–Crippen LogP) is 3.89. The fourth-order valence-electron chi connectivity index (χ4n) is 3.73. The maximum Gasteiger partial charge on any atom is 0.495 e. The first-order valence-electron chi connectivity index (χ1n) is 9.80. The number of hydrogen-bond acceptors (Lipinski definition) is 3. The average molecular weight is 378 g/mol. The van der Waals surface area contributed by atoms with Crippen LogP contribution in [0.5, 0.6) is 0 Å². The van der Waals surface area contributed by atoms with Gasteiger partial charge in [-0.15, -0.1) is 0 Å². The number of anilines is 2. The van der Waals surface area contributed by atoms with Crippen molar-refractivity contribution in [3.05, 3.63) is 53.6 Å². The largest absolute Gasteiger partial charge is 0.495 e. The monoisotopic (exact) mass is 378 g/mol. The van der Waals surface area contributed by atoms with E-state index >= 15 is 0 Å². The molecule has 6 heteroatoms. The van der Waals surface area contributed by atoms with E-state index in [2.05, 4.69) is 11.4 Å². The third-order valence-electron chi connectivity index (χ3n) is 6.16. The van der Waals surface area contributed by atoms with E-state index in [-0.39, 0.29) is 17.2 Å². The number of nitrogens with zero attached hydrogens (tertiary/aromatic N) is 1. The predicted molar refractivity (Wildman–Crippen MR) is 113 cm³/mol. The highest BCUT2D eigenvalue weighted by Gasteiger charge is 2.52. The molecule has 0 spiro atoms. The van der Waals surface area contributed by atoms with Gasteiger partial charge in [-0.05, 0) is 75.8 Å². The zero-order chi connectivity index (χ0) is 20.1. The molecule has 2 aromatic carbocycles. The number of carbonyl (C=O) groups is 1. The molecule has 5 nitrogen and oxygen atoms in total. The SMILES string of the molecule is Cc1cc(NC(=O)N2CCc3ccccc32)ccc1B1OC(C)(C)C(C)(C)O1. The van der Waals surface area contributed by atoms with Crippen molar-refractivity contribution in [3.8, 4) is 0 Å². The molecule has 0 radical (unpaired) electrons. The lowest BCUT2D eigenvalue weighted by Crippen LogP contribution is -2.41. The first kappa shape index (κ1) is 19.0. The van der Waals surface area contributed by atoms with Gasteiger partial charge >= 0.3 is 13.1 Å². The third-order valence-corrected chi connectivity index (χ3v) is 6.16. The number of para-hydroxylation sites is 1. The number of benzene rings is 2. The number of nitrogens with one attached hydrogen (secondary N) is 1. The van der Waals surface area contributed by atoms with Crippen molar-refractivity contribution in [2.45, 2.75) is 52.2 Å². The van der Waals surface area contributed by atoms with Crippen LogP contribution in [0.15, 0.2) is 42.5 Å². The van der Waals surface area contributed by atoms with Crippen LogP contribution in [0.2, 0.25) is 0 Å². The topological polar surface area (TPSA) is 50.8 Å². The molecule has 0 aliphatic carbocycles. The van der Waals surface area contributed by atoms with Gasteiger partial charge in [0.1, 0.15) is 0 Å². The second-order valence-electron chi connectivity index (χ2n) is 8.62. The zero-order valence-electron chi connectivity index (χ0n) is 17.2. The molecule has 2 aromatic rings. The summed E-state index contributed by atoms with van der Waals surface area (Å²) in [5.41, 5.74) is 4.24. The van der Waals surface area contributed by atoms with Crippen molar-refractivity contribution < 1.29 is 14.1 Å². The Morgan fingerprint density at radius 2 is 1.75 bits per heavy atom. The smallest absolute Gasteiger partial charge is 0.399 e. The summed E-state index contributed by atoms with van der Waals surface area (Å²) >= 11 is 0. The van der Waals surface area contributed by atoms with E-state index in [1.54, 1.807) is 4.90 Å². The molecule has 1 N–H and O–H groups in total. The Morgan fingerprint density at radius 3 is 2.43 bits per heavy atom. The van der Waals surface area contributed by atoms with E-state index in [1.807, 2.05) is 71.0 Å². The van der Waals surface area contributed by atoms with Crippen LogP contribution in [0.25, 0.3) is 0 Å². The average Bonchev–Trinajstić information content (AvgIpc) is 3.13. The second-order valence-corrected chi connectivity index (χ2v) is 8.62. The molecule has 1 fully saturated rings. The summed E-state index contributed by atoms with van der Waals surface area (Å²) < 4.78 is 12.3. The van der Waals surface area contributed by atoms with E-state index in [9.17, 15) is 4.79 Å². The molecule has 0 bridgehead atoms. The number of fused-ring (bicyclic) bond motifs is 1. The second kappa shape index (κ2) is 6.64. The van der Waals surface area contributed by atoms with Gasteiger partial charge in [0, 0.05) is 17.9 Å². The Bertz CT molecular complexity index is 910. The molecule has 2 aliphatic rings. The number of carbonyl (C=O) groups excluding carboxylic acids is 1. The van der Waals surface area contributed by atoms with Gasteiger partial charge in [-0.1, -0.05) is 24.3 Å². The van der Waals surface area contributed by atoms with Crippen LogP contribution in [-0.2, 0) is 15.7 Å². The van der Waals surface area contributed by atoms with Crippen molar-refractivity contribution in [1.82, 2.24) is 0 Å². The quantitative estimate of drug-likeness (QED) is 0.807. The lowest BCUT2D eigenvalue weighted by atomic mass is 9.76. The number of rotatable bonds is 2. The lowest BCUT2D eigenvalue weighted by molar-refractivity contribution is 0.00578. The van der Waals surface area contributed by atoms with Crippen LogP contribution in [0.4, 0.5) is 16.2 Å². The minimum absolute atomic E-state index is 0.104. The van der Waals surface area contributed by atoms with E-state index < -0.39 is 7.12 Å². The first-order valence-corrected chi connectivity index (χ1v) is 9.80. The molecule has 1 saturated heterocycles. The number of aryl methyl sites for hydroxylation is 1. The molecular formula is C22H27BN2O3. The molecule has 2 aliphatic heterocycles. The molecule has 2 amide bonds. The fourth-order valence-corrected chi connectivity index (χ4v) is 3.73. The Labute approximate surface area is 167 Å². The minimum Gasteiger partial charge on any atom is -0.399 e. The van der Waals surface area contributed by atoms with Crippen LogP contribution in [0.3, 0.4) is 0 Å². The van der Waals surface area contributed by atoms with Crippen LogP contribution in [0.1, 0.15) is 38.8 Å².